The molecule has 0 saturated carbocycles. The first-order valence-corrected chi connectivity index (χ1v) is 6.66. The molecule has 0 unspecified atom stereocenters. The number of benzene rings is 1. The molecule has 1 aromatic carbocycles. The number of aryl methyl sites for hydroxylation is 2. The molecule has 4 heteroatoms. The van der Waals surface area contributed by atoms with E-state index in [1.54, 1.807) is 21.9 Å². The molecule has 0 aliphatic heterocycles. The molecule has 0 saturated heterocycles. The molecule has 0 N–H and O–H groups in total. The molecule has 0 atom stereocenters. The molecule has 20 heavy (non-hydrogen) atoms. The van der Waals surface area contributed by atoms with Crippen molar-refractivity contribution < 1.29 is 4.79 Å². The van der Waals surface area contributed by atoms with Crippen LogP contribution in [0.5, 0.6) is 0 Å². The van der Waals surface area contributed by atoms with Crippen molar-refractivity contribution in [3.05, 3.63) is 60.9 Å². The number of anilines is 1. The molecule has 0 aliphatic rings. The van der Waals surface area contributed by atoms with Gasteiger partial charge in [0.2, 0.25) is 5.91 Å². The SMILES string of the molecule is C=CCN(C(=O)CCn1cc(C)cn1)c1ccccc1. The van der Waals surface area contributed by atoms with E-state index in [4.69, 9.17) is 0 Å². The highest BCUT2D eigenvalue weighted by atomic mass is 16.2. The third-order valence-electron chi connectivity index (χ3n) is 3.00. The largest absolute Gasteiger partial charge is 0.309 e. The minimum atomic E-state index is 0.0734. The number of amides is 1. The van der Waals surface area contributed by atoms with Gasteiger partial charge in [-0.1, -0.05) is 24.3 Å². The third kappa shape index (κ3) is 3.57. The van der Waals surface area contributed by atoms with Crippen LogP contribution in [0.1, 0.15) is 12.0 Å². The van der Waals surface area contributed by atoms with Gasteiger partial charge in [0, 0.05) is 31.4 Å². The molecule has 1 aromatic heterocycles. The van der Waals surface area contributed by atoms with Gasteiger partial charge in [-0.3, -0.25) is 9.48 Å². The quantitative estimate of drug-likeness (QED) is 0.756. The lowest BCUT2D eigenvalue weighted by atomic mass is 10.2. The second kappa shape index (κ2) is 6.70. The van der Waals surface area contributed by atoms with E-state index in [1.807, 2.05) is 43.5 Å². The van der Waals surface area contributed by atoms with E-state index < -0.39 is 0 Å². The molecule has 0 fully saturated rings. The second-order valence-corrected chi connectivity index (χ2v) is 4.66. The smallest absolute Gasteiger partial charge is 0.229 e. The van der Waals surface area contributed by atoms with Crippen molar-refractivity contribution in [3.8, 4) is 0 Å². The Kier molecular flexibility index (Phi) is 4.71. The van der Waals surface area contributed by atoms with Gasteiger partial charge in [0.05, 0.1) is 6.20 Å². The topological polar surface area (TPSA) is 38.1 Å². The molecule has 0 bridgehead atoms. The number of hydrogen-bond donors (Lipinski definition) is 0. The highest BCUT2D eigenvalue weighted by Gasteiger charge is 2.14. The van der Waals surface area contributed by atoms with Gasteiger partial charge >= 0.3 is 0 Å². The van der Waals surface area contributed by atoms with Gasteiger partial charge in [-0.25, -0.2) is 0 Å². The first-order chi connectivity index (χ1) is 9.70. The normalized spacial score (nSPS) is 10.2. The van der Waals surface area contributed by atoms with Crippen LogP contribution in [0.2, 0.25) is 0 Å². The summed E-state index contributed by atoms with van der Waals surface area (Å²) in [6.07, 6.45) is 5.89. The van der Waals surface area contributed by atoms with Gasteiger partial charge in [0.25, 0.3) is 0 Å². The standard InChI is InChI=1S/C16H19N3O/c1-3-10-19(15-7-5-4-6-8-15)16(20)9-11-18-13-14(2)12-17-18/h3-8,12-13H,1,9-11H2,2H3. The molecule has 0 radical (unpaired) electrons. The Labute approximate surface area is 119 Å². The van der Waals surface area contributed by atoms with E-state index in [0.717, 1.165) is 11.3 Å². The van der Waals surface area contributed by atoms with Gasteiger partial charge in [0.1, 0.15) is 0 Å². The number of nitrogens with zero attached hydrogens (tertiary/aromatic N) is 3. The summed E-state index contributed by atoms with van der Waals surface area (Å²) < 4.78 is 1.80. The lowest BCUT2D eigenvalue weighted by Gasteiger charge is -2.21. The Hall–Kier alpha value is -2.36. The Bertz CT molecular complexity index is 574. The van der Waals surface area contributed by atoms with Crippen molar-refractivity contribution >= 4 is 11.6 Å². The van der Waals surface area contributed by atoms with E-state index in [2.05, 4.69) is 11.7 Å². The van der Waals surface area contributed by atoms with Crippen molar-refractivity contribution in [1.29, 1.82) is 0 Å². The summed E-state index contributed by atoms with van der Waals surface area (Å²) in [6.45, 7) is 6.81. The molecule has 1 amide bonds. The van der Waals surface area contributed by atoms with Crippen LogP contribution in [0, 0.1) is 6.92 Å². The third-order valence-corrected chi connectivity index (χ3v) is 3.00. The van der Waals surface area contributed by atoms with Gasteiger partial charge in [-0.15, -0.1) is 6.58 Å². The summed E-state index contributed by atoms with van der Waals surface area (Å²) in [5, 5.41) is 4.19. The van der Waals surface area contributed by atoms with E-state index in [0.29, 0.717) is 19.5 Å². The molecule has 2 rings (SSSR count). The Morgan fingerprint density at radius 1 is 1.40 bits per heavy atom. The number of hydrogen-bond acceptors (Lipinski definition) is 2. The average molecular weight is 269 g/mol. The Morgan fingerprint density at radius 3 is 2.75 bits per heavy atom. The van der Waals surface area contributed by atoms with Gasteiger partial charge in [0.15, 0.2) is 0 Å². The molecule has 1 heterocycles. The van der Waals surface area contributed by atoms with Crippen LogP contribution in [0.15, 0.2) is 55.4 Å². The molecule has 2 aromatic rings. The van der Waals surface area contributed by atoms with Crippen LogP contribution in [-0.2, 0) is 11.3 Å². The number of rotatable bonds is 6. The van der Waals surface area contributed by atoms with Crippen LogP contribution in [0.25, 0.3) is 0 Å². The van der Waals surface area contributed by atoms with E-state index >= 15 is 0 Å². The fraction of sp³-hybridized carbons (Fsp3) is 0.250. The fourth-order valence-corrected chi connectivity index (χ4v) is 2.02. The zero-order chi connectivity index (χ0) is 14.4. The van der Waals surface area contributed by atoms with Gasteiger partial charge in [-0.05, 0) is 24.6 Å². The van der Waals surface area contributed by atoms with E-state index in [9.17, 15) is 4.79 Å². The van der Waals surface area contributed by atoms with Crippen molar-refractivity contribution in [1.82, 2.24) is 9.78 Å². The maximum absolute atomic E-state index is 12.4. The fourth-order valence-electron chi connectivity index (χ4n) is 2.02. The predicted octanol–water partition coefficient (Wildman–Crippen LogP) is 2.80. The Balaban J connectivity index is 2.02. The molecular formula is C16H19N3O. The predicted molar refractivity (Wildman–Crippen MR) is 80.6 cm³/mol. The summed E-state index contributed by atoms with van der Waals surface area (Å²) in [7, 11) is 0. The average Bonchev–Trinajstić information content (AvgIpc) is 2.89. The minimum Gasteiger partial charge on any atom is -0.309 e. The molecule has 0 spiro atoms. The lowest BCUT2D eigenvalue weighted by Crippen LogP contribution is -2.31. The van der Waals surface area contributed by atoms with Gasteiger partial charge in [-0.2, -0.15) is 5.10 Å². The van der Waals surface area contributed by atoms with E-state index in [-0.39, 0.29) is 5.91 Å². The monoisotopic (exact) mass is 269 g/mol. The Morgan fingerprint density at radius 2 is 2.15 bits per heavy atom. The summed E-state index contributed by atoms with van der Waals surface area (Å²) >= 11 is 0. The number of para-hydroxylation sites is 1. The zero-order valence-electron chi connectivity index (χ0n) is 11.7. The summed E-state index contributed by atoms with van der Waals surface area (Å²) in [6, 6.07) is 9.65. The molecular weight excluding hydrogens is 250 g/mol. The van der Waals surface area contributed by atoms with Crippen molar-refractivity contribution in [2.24, 2.45) is 0 Å². The summed E-state index contributed by atoms with van der Waals surface area (Å²) in [4.78, 5) is 14.1. The van der Waals surface area contributed by atoms with Crippen molar-refractivity contribution in [2.45, 2.75) is 19.9 Å². The van der Waals surface area contributed by atoms with Crippen LogP contribution < -0.4 is 4.90 Å². The minimum absolute atomic E-state index is 0.0734. The van der Waals surface area contributed by atoms with Crippen LogP contribution in [0.3, 0.4) is 0 Å². The summed E-state index contributed by atoms with van der Waals surface area (Å²) in [5.41, 5.74) is 2.00. The highest BCUT2D eigenvalue weighted by molar-refractivity contribution is 5.93. The van der Waals surface area contributed by atoms with Crippen LogP contribution in [0.4, 0.5) is 5.69 Å². The van der Waals surface area contributed by atoms with Crippen LogP contribution >= 0.6 is 0 Å². The zero-order valence-corrected chi connectivity index (χ0v) is 11.7. The van der Waals surface area contributed by atoms with Gasteiger partial charge < -0.3 is 4.90 Å². The molecule has 0 aliphatic carbocycles. The second-order valence-electron chi connectivity index (χ2n) is 4.66. The molecule has 4 nitrogen and oxygen atoms in total. The lowest BCUT2D eigenvalue weighted by molar-refractivity contribution is -0.118. The maximum atomic E-state index is 12.4. The number of aromatic nitrogens is 2. The van der Waals surface area contributed by atoms with Crippen molar-refractivity contribution in [3.63, 3.8) is 0 Å². The van der Waals surface area contributed by atoms with Crippen molar-refractivity contribution in [2.75, 3.05) is 11.4 Å². The first kappa shape index (κ1) is 14.1. The maximum Gasteiger partial charge on any atom is 0.229 e. The molecule has 104 valence electrons. The first-order valence-electron chi connectivity index (χ1n) is 6.66. The summed E-state index contributed by atoms with van der Waals surface area (Å²) in [5.74, 6) is 0.0734. The number of carbonyl (C=O) groups is 1. The number of carbonyl (C=O) groups excluding carboxylic acids is 1. The van der Waals surface area contributed by atoms with Crippen LogP contribution in [-0.4, -0.2) is 22.2 Å². The highest BCUT2D eigenvalue weighted by Crippen LogP contribution is 2.14. The van der Waals surface area contributed by atoms with E-state index in [1.165, 1.54) is 0 Å².